The van der Waals surface area contributed by atoms with Crippen molar-refractivity contribution in [3.63, 3.8) is 0 Å². The fraction of sp³-hybridized carbons (Fsp3) is 0.581. The molecule has 0 aromatic heterocycles. The van der Waals surface area contributed by atoms with E-state index in [0.717, 1.165) is 35.7 Å². The molecule has 0 fully saturated rings. The SMILES string of the molecule is CCCCCCCCCCCCOc1ccc(-c2ccc(C(=O)OC(C)COCCSC)cc2)cc1. The third-order valence-electron chi connectivity index (χ3n) is 6.17. The van der Waals surface area contributed by atoms with Gasteiger partial charge in [0.2, 0.25) is 0 Å². The lowest BCUT2D eigenvalue weighted by molar-refractivity contribution is 0.00485. The van der Waals surface area contributed by atoms with Crippen LogP contribution in [0.1, 0.15) is 88.4 Å². The topological polar surface area (TPSA) is 44.8 Å². The summed E-state index contributed by atoms with van der Waals surface area (Å²) in [5, 5.41) is 0. The lowest BCUT2D eigenvalue weighted by Gasteiger charge is -2.13. The molecule has 0 bridgehead atoms. The van der Waals surface area contributed by atoms with Gasteiger partial charge in [-0.05, 0) is 55.0 Å². The third-order valence-corrected chi connectivity index (χ3v) is 6.74. The van der Waals surface area contributed by atoms with Crippen molar-refractivity contribution in [3.8, 4) is 16.9 Å². The molecule has 2 aromatic rings. The zero-order valence-electron chi connectivity index (χ0n) is 22.6. The maximum Gasteiger partial charge on any atom is 0.338 e. The predicted octanol–water partition coefficient (Wildman–Crippen LogP) is 8.58. The van der Waals surface area contributed by atoms with Crippen molar-refractivity contribution in [3.05, 3.63) is 54.1 Å². The number of benzene rings is 2. The highest BCUT2D eigenvalue weighted by Gasteiger charge is 2.12. The molecular weight excluding hydrogens is 468 g/mol. The van der Waals surface area contributed by atoms with E-state index in [2.05, 4.69) is 19.1 Å². The summed E-state index contributed by atoms with van der Waals surface area (Å²) >= 11 is 1.73. The Labute approximate surface area is 223 Å². The number of esters is 1. The van der Waals surface area contributed by atoms with Crippen molar-refractivity contribution < 1.29 is 19.0 Å². The first kappa shape index (κ1) is 30.2. The van der Waals surface area contributed by atoms with Crippen molar-refractivity contribution in [2.45, 2.75) is 84.2 Å². The minimum atomic E-state index is -0.321. The van der Waals surface area contributed by atoms with Crippen molar-refractivity contribution in [2.24, 2.45) is 0 Å². The predicted molar refractivity (Wildman–Crippen MR) is 153 cm³/mol. The van der Waals surface area contributed by atoms with E-state index in [-0.39, 0.29) is 12.1 Å². The van der Waals surface area contributed by atoms with E-state index in [1.54, 1.807) is 11.8 Å². The first-order valence-electron chi connectivity index (χ1n) is 13.7. The number of hydrogen-bond donors (Lipinski definition) is 0. The zero-order chi connectivity index (χ0) is 25.8. The summed E-state index contributed by atoms with van der Waals surface area (Å²) in [5.74, 6) is 1.52. The Morgan fingerprint density at radius 2 is 1.33 bits per heavy atom. The minimum Gasteiger partial charge on any atom is -0.494 e. The average molecular weight is 515 g/mol. The molecule has 0 radical (unpaired) electrons. The molecule has 4 nitrogen and oxygen atoms in total. The van der Waals surface area contributed by atoms with Crippen LogP contribution in [0.2, 0.25) is 0 Å². The van der Waals surface area contributed by atoms with Gasteiger partial charge in [0.1, 0.15) is 11.9 Å². The number of carbonyl (C=O) groups excluding carboxylic acids is 1. The lowest BCUT2D eigenvalue weighted by atomic mass is 10.0. The van der Waals surface area contributed by atoms with Crippen molar-refractivity contribution in [1.29, 1.82) is 0 Å². The van der Waals surface area contributed by atoms with Gasteiger partial charge in [-0.15, -0.1) is 0 Å². The average Bonchev–Trinajstić information content (AvgIpc) is 2.90. The molecule has 0 N–H and O–H groups in total. The molecule has 0 aliphatic carbocycles. The number of carbonyl (C=O) groups is 1. The van der Waals surface area contributed by atoms with E-state index in [0.29, 0.717) is 18.8 Å². The molecule has 200 valence electrons. The first-order valence-corrected chi connectivity index (χ1v) is 15.1. The molecule has 0 spiro atoms. The summed E-state index contributed by atoms with van der Waals surface area (Å²) in [6.07, 6.45) is 15.1. The Hall–Kier alpha value is -1.98. The summed E-state index contributed by atoms with van der Waals surface area (Å²) in [6.45, 7) is 5.97. The van der Waals surface area contributed by atoms with Gasteiger partial charge in [0.05, 0.1) is 25.4 Å². The smallest absolute Gasteiger partial charge is 0.338 e. The Morgan fingerprint density at radius 1 is 0.778 bits per heavy atom. The van der Waals surface area contributed by atoms with Crippen molar-refractivity contribution >= 4 is 17.7 Å². The van der Waals surface area contributed by atoms with E-state index < -0.39 is 0 Å². The van der Waals surface area contributed by atoms with Crippen molar-refractivity contribution in [1.82, 2.24) is 0 Å². The summed E-state index contributed by atoms with van der Waals surface area (Å²) < 4.78 is 16.9. The normalized spacial score (nSPS) is 11.9. The van der Waals surface area contributed by atoms with Crippen LogP contribution in [-0.4, -0.2) is 43.9 Å². The van der Waals surface area contributed by atoms with E-state index in [9.17, 15) is 4.79 Å². The molecule has 36 heavy (non-hydrogen) atoms. The van der Waals surface area contributed by atoms with E-state index in [1.807, 2.05) is 49.6 Å². The summed E-state index contributed by atoms with van der Waals surface area (Å²) in [4.78, 5) is 12.4. The van der Waals surface area contributed by atoms with Gasteiger partial charge in [-0.1, -0.05) is 89.0 Å². The van der Waals surface area contributed by atoms with Crippen LogP contribution in [0.4, 0.5) is 0 Å². The van der Waals surface area contributed by atoms with Crippen LogP contribution < -0.4 is 4.74 Å². The molecule has 0 saturated carbocycles. The maximum atomic E-state index is 12.4. The molecule has 0 aliphatic rings. The second kappa shape index (κ2) is 19.2. The largest absolute Gasteiger partial charge is 0.494 e. The van der Waals surface area contributed by atoms with Gasteiger partial charge in [0.25, 0.3) is 0 Å². The van der Waals surface area contributed by atoms with Crippen molar-refractivity contribution in [2.75, 3.05) is 31.8 Å². The standard InChI is InChI=1S/C31H46O4S/c1-4-5-6-7-8-9-10-11-12-13-22-34-30-20-18-28(19-21-30)27-14-16-29(17-15-27)31(32)35-26(2)25-33-23-24-36-3/h14-21,26H,4-13,22-25H2,1-3H3. The quantitative estimate of drug-likeness (QED) is 0.131. The van der Waals surface area contributed by atoms with Crippen LogP contribution >= 0.6 is 11.8 Å². The van der Waals surface area contributed by atoms with Gasteiger partial charge in [-0.2, -0.15) is 11.8 Å². The number of ether oxygens (including phenoxy) is 3. The lowest BCUT2D eigenvalue weighted by Crippen LogP contribution is -2.21. The van der Waals surface area contributed by atoms with Crippen LogP contribution in [0.15, 0.2) is 48.5 Å². The molecule has 2 rings (SSSR count). The zero-order valence-corrected chi connectivity index (χ0v) is 23.5. The van der Waals surface area contributed by atoms with Crippen LogP contribution in [0, 0.1) is 0 Å². The second-order valence-corrected chi connectivity index (χ2v) is 10.4. The Kier molecular flexibility index (Phi) is 16.1. The number of hydrogen-bond acceptors (Lipinski definition) is 5. The van der Waals surface area contributed by atoms with Crippen LogP contribution in [-0.2, 0) is 9.47 Å². The summed E-state index contributed by atoms with van der Waals surface area (Å²) in [5.41, 5.74) is 2.70. The third kappa shape index (κ3) is 12.8. The number of thioether (sulfide) groups is 1. The minimum absolute atomic E-state index is 0.271. The highest BCUT2D eigenvalue weighted by atomic mass is 32.2. The van der Waals surface area contributed by atoms with Gasteiger partial charge in [0, 0.05) is 5.75 Å². The highest BCUT2D eigenvalue weighted by Crippen LogP contribution is 2.23. The Morgan fingerprint density at radius 3 is 1.92 bits per heavy atom. The molecular formula is C31H46O4S. The molecule has 0 saturated heterocycles. The molecule has 1 atom stereocenters. The van der Waals surface area contributed by atoms with E-state index in [1.165, 1.54) is 57.8 Å². The summed E-state index contributed by atoms with van der Waals surface area (Å²) in [6, 6.07) is 15.7. The molecule has 0 aliphatic heterocycles. The fourth-order valence-electron chi connectivity index (χ4n) is 4.00. The second-order valence-electron chi connectivity index (χ2n) is 9.42. The molecule has 0 heterocycles. The Bertz CT molecular complexity index is 819. The number of unbranched alkanes of at least 4 members (excludes halogenated alkanes) is 9. The van der Waals surface area contributed by atoms with Gasteiger partial charge in [-0.25, -0.2) is 4.79 Å². The van der Waals surface area contributed by atoms with Gasteiger partial charge in [0.15, 0.2) is 0 Å². The maximum absolute atomic E-state index is 12.4. The Balaban J connectivity index is 1.65. The highest BCUT2D eigenvalue weighted by molar-refractivity contribution is 7.98. The van der Waals surface area contributed by atoms with Crippen LogP contribution in [0.3, 0.4) is 0 Å². The van der Waals surface area contributed by atoms with Gasteiger partial charge >= 0.3 is 5.97 Å². The molecule has 1 unspecified atom stereocenters. The van der Waals surface area contributed by atoms with Crippen LogP contribution in [0.25, 0.3) is 11.1 Å². The molecule has 5 heteroatoms. The summed E-state index contributed by atoms with van der Waals surface area (Å²) in [7, 11) is 0. The number of rotatable bonds is 20. The van der Waals surface area contributed by atoms with Gasteiger partial charge < -0.3 is 14.2 Å². The van der Waals surface area contributed by atoms with E-state index in [4.69, 9.17) is 14.2 Å². The monoisotopic (exact) mass is 514 g/mol. The van der Waals surface area contributed by atoms with E-state index >= 15 is 0 Å². The van der Waals surface area contributed by atoms with Gasteiger partial charge in [-0.3, -0.25) is 0 Å². The molecule has 0 amide bonds. The fourth-order valence-corrected chi connectivity index (χ4v) is 4.28. The molecule has 2 aromatic carbocycles. The first-order chi connectivity index (χ1) is 17.6. The van der Waals surface area contributed by atoms with Crippen LogP contribution in [0.5, 0.6) is 5.75 Å².